The Bertz CT molecular complexity index is 958. The average molecular weight is 592 g/mol. The molecule has 3 fully saturated rings. The molecule has 1 aliphatic carbocycles. The molecule has 0 unspecified atom stereocenters. The third-order valence-corrected chi connectivity index (χ3v) is 8.72. The standard InChI is InChI=1S/C26H38N6OS.3ClH/c1-20-17-25(32(28-20)23-5-3-2-4-6-23)30-13-11-29(12-14-30)22-9-7-21(8-10-22)18-24(27)26(33)31-15-16-34-19-31;;;/h2-6,17,21-22,24H,7-16,18-19,27H2,1H3;3*1H/t21-,22+,24-;;;/m0.../s1. The topological polar surface area (TPSA) is 70.6 Å². The lowest BCUT2D eigenvalue weighted by Gasteiger charge is -2.42. The molecule has 37 heavy (non-hydrogen) atoms. The predicted molar refractivity (Wildman–Crippen MR) is 161 cm³/mol. The second-order valence-corrected chi connectivity index (χ2v) is 11.1. The number of piperazine rings is 1. The van der Waals surface area contributed by atoms with Crippen molar-refractivity contribution in [1.82, 2.24) is 19.6 Å². The van der Waals surface area contributed by atoms with E-state index in [2.05, 4.69) is 51.7 Å². The highest BCUT2D eigenvalue weighted by molar-refractivity contribution is 7.99. The van der Waals surface area contributed by atoms with Gasteiger partial charge in [0.25, 0.3) is 0 Å². The van der Waals surface area contributed by atoms with Gasteiger partial charge in [0.15, 0.2) is 0 Å². The summed E-state index contributed by atoms with van der Waals surface area (Å²) >= 11 is 1.83. The quantitative estimate of drug-likeness (QED) is 0.538. The molecule has 0 spiro atoms. The minimum absolute atomic E-state index is 0. The Morgan fingerprint density at radius 1 is 1.03 bits per heavy atom. The van der Waals surface area contributed by atoms with E-state index in [0.29, 0.717) is 12.0 Å². The van der Waals surface area contributed by atoms with Crippen molar-refractivity contribution in [1.29, 1.82) is 0 Å². The summed E-state index contributed by atoms with van der Waals surface area (Å²) in [7, 11) is 0. The van der Waals surface area contributed by atoms with Crippen LogP contribution in [0.25, 0.3) is 5.69 Å². The lowest BCUT2D eigenvalue weighted by Crippen LogP contribution is -2.51. The first-order valence-corrected chi connectivity index (χ1v) is 14.0. The summed E-state index contributed by atoms with van der Waals surface area (Å²) in [5.41, 5.74) is 8.48. The number of amides is 1. The van der Waals surface area contributed by atoms with Crippen molar-refractivity contribution >= 4 is 60.7 Å². The number of hydrogen-bond acceptors (Lipinski definition) is 6. The van der Waals surface area contributed by atoms with Crippen LogP contribution in [0.2, 0.25) is 0 Å². The lowest BCUT2D eigenvalue weighted by molar-refractivity contribution is -0.131. The summed E-state index contributed by atoms with van der Waals surface area (Å²) in [4.78, 5) is 19.7. The van der Waals surface area contributed by atoms with Gasteiger partial charge in [0.1, 0.15) is 5.82 Å². The van der Waals surface area contributed by atoms with Gasteiger partial charge < -0.3 is 15.5 Å². The maximum atomic E-state index is 12.6. The van der Waals surface area contributed by atoms with E-state index in [-0.39, 0.29) is 49.2 Å². The number of aromatic nitrogens is 2. The highest BCUT2D eigenvalue weighted by Gasteiger charge is 2.32. The number of anilines is 1. The molecule has 1 saturated carbocycles. The van der Waals surface area contributed by atoms with Gasteiger partial charge in [-0.3, -0.25) is 9.69 Å². The highest BCUT2D eigenvalue weighted by atomic mass is 35.5. The number of hydrogen-bond donors (Lipinski definition) is 1. The minimum atomic E-state index is -0.318. The van der Waals surface area contributed by atoms with Crippen LogP contribution in [0.15, 0.2) is 36.4 Å². The molecule has 1 aromatic heterocycles. The summed E-state index contributed by atoms with van der Waals surface area (Å²) in [6.07, 6.45) is 5.70. The van der Waals surface area contributed by atoms with Crippen molar-refractivity contribution in [3.05, 3.63) is 42.1 Å². The molecule has 0 radical (unpaired) electrons. The number of aryl methyl sites for hydroxylation is 1. The van der Waals surface area contributed by atoms with Crippen molar-refractivity contribution in [2.75, 3.05) is 49.3 Å². The van der Waals surface area contributed by atoms with Crippen LogP contribution >= 0.6 is 49.0 Å². The van der Waals surface area contributed by atoms with E-state index in [4.69, 9.17) is 10.8 Å². The van der Waals surface area contributed by atoms with Gasteiger partial charge in [0.05, 0.1) is 23.3 Å². The van der Waals surface area contributed by atoms with Crippen molar-refractivity contribution in [2.24, 2.45) is 11.7 Å². The zero-order valence-electron chi connectivity index (χ0n) is 21.5. The maximum Gasteiger partial charge on any atom is 0.240 e. The molecule has 11 heteroatoms. The number of benzene rings is 1. The number of para-hydroxylation sites is 1. The number of rotatable bonds is 6. The number of carbonyl (C=O) groups is 1. The van der Waals surface area contributed by atoms with E-state index in [0.717, 1.165) is 62.2 Å². The van der Waals surface area contributed by atoms with Gasteiger partial charge in [0, 0.05) is 50.6 Å². The minimum Gasteiger partial charge on any atom is -0.354 e. The molecule has 7 nitrogen and oxygen atoms in total. The van der Waals surface area contributed by atoms with Crippen molar-refractivity contribution in [2.45, 2.75) is 51.1 Å². The van der Waals surface area contributed by atoms with Crippen molar-refractivity contribution in [3.63, 3.8) is 0 Å². The van der Waals surface area contributed by atoms with E-state index in [9.17, 15) is 4.79 Å². The van der Waals surface area contributed by atoms with Crippen molar-refractivity contribution < 1.29 is 4.79 Å². The Hall–Kier alpha value is -1.16. The molecule has 2 aliphatic heterocycles. The van der Waals surface area contributed by atoms with Crippen LogP contribution in [-0.4, -0.2) is 81.9 Å². The molecule has 1 aromatic carbocycles. The fourth-order valence-electron chi connectivity index (χ4n) is 5.81. The van der Waals surface area contributed by atoms with Crippen molar-refractivity contribution in [3.8, 4) is 5.69 Å². The zero-order chi connectivity index (χ0) is 23.5. The van der Waals surface area contributed by atoms with Crippen LogP contribution in [0.4, 0.5) is 5.82 Å². The molecule has 208 valence electrons. The molecular weight excluding hydrogens is 551 g/mol. The summed E-state index contributed by atoms with van der Waals surface area (Å²) < 4.78 is 2.08. The summed E-state index contributed by atoms with van der Waals surface area (Å²) in [5, 5.41) is 4.76. The summed E-state index contributed by atoms with van der Waals surface area (Å²) in [6.45, 7) is 7.19. The number of nitrogens with two attached hydrogens (primary N) is 1. The molecule has 2 saturated heterocycles. The summed E-state index contributed by atoms with van der Waals surface area (Å²) in [6, 6.07) is 13.0. The second kappa shape index (κ2) is 14.8. The highest BCUT2D eigenvalue weighted by Crippen LogP contribution is 2.32. The van der Waals surface area contributed by atoms with Gasteiger partial charge in [-0.2, -0.15) is 5.10 Å². The van der Waals surface area contributed by atoms with Gasteiger partial charge in [-0.05, 0) is 57.1 Å². The van der Waals surface area contributed by atoms with Crippen LogP contribution in [0.1, 0.15) is 37.8 Å². The maximum absolute atomic E-state index is 12.6. The van der Waals surface area contributed by atoms with Gasteiger partial charge in [-0.1, -0.05) is 18.2 Å². The number of carbonyl (C=O) groups excluding carboxylic acids is 1. The van der Waals surface area contributed by atoms with Crippen LogP contribution in [0, 0.1) is 12.8 Å². The first-order chi connectivity index (χ1) is 16.6. The van der Waals surface area contributed by atoms with E-state index in [1.165, 1.54) is 31.5 Å². The molecular formula is C26H41Cl3N6OS. The lowest BCUT2D eigenvalue weighted by atomic mass is 9.81. The Labute approximate surface area is 244 Å². The van der Waals surface area contributed by atoms with Crippen LogP contribution < -0.4 is 10.6 Å². The average Bonchev–Trinajstić information content (AvgIpc) is 3.55. The van der Waals surface area contributed by atoms with Crippen LogP contribution in [-0.2, 0) is 4.79 Å². The van der Waals surface area contributed by atoms with Crippen LogP contribution in [0.3, 0.4) is 0 Å². The number of nitrogens with zero attached hydrogens (tertiary/aromatic N) is 5. The fourth-order valence-corrected chi connectivity index (χ4v) is 6.77. The van der Waals surface area contributed by atoms with Gasteiger partial charge in [-0.15, -0.1) is 49.0 Å². The molecule has 2 N–H and O–H groups in total. The SMILES string of the molecule is Cc1cc(N2CCN([C@H]3CC[C@@H](C[C@H](N)C(=O)N4CCSC4)CC3)CC2)n(-c2ccccc2)n1.Cl.Cl.Cl. The Balaban J connectivity index is 0.00000160. The molecule has 3 heterocycles. The van der Waals surface area contributed by atoms with E-state index in [1.807, 2.05) is 22.7 Å². The molecule has 1 amide bonds. The van der Waals surface area contributed by atoms with E-state index < -0.39 is 0 Å². The number of halogens is 3. The predicted octanol–water partition coefficient (Wildman–Crippen LogP) is 4.38. The number of thioether (sulfide) groups is 1. The van der Waals surface area contributed by atoms with Gasteiger partial charge >= 0.3 is 0 Å². The Kier molecular flexibility index (Phi) is 12.9. The largest absolute Gasteiger partial charge is 0.354 e. The third-order valence-electron chi connectivity index (χ3n) is 7.75. The van der Waals surface area contributed by atoms with E-state index in [1.54, 1.807) is 0 Å². The molecule has 2 aromatic rings. The first kappa shape index (κ1) is 32.1. The Morgan fingerprint density at radius 3 is 2.32 bits per heavy atom. The second-order valence-electron chi connectivity index (χ2n) is 10.1. The third kappa shape index (κ3) is 7.70. The van der Waals surface area contributed by atoms with Gasteiger partial charge in [-0.25, -0.2) is 4.68 Å². The fraction of sp³-hybridized carbons (Fsp3) is 0.615. The molecule has 1 atom stereocenters. The smallest absolute Gasteiger partial charge is 0.240 e. The first-order valence-electron chi connectivity index (χ1n) is 12.8. The summed E-state index contributed by atoms with van der Waals surface area (Å²) in [5.74, 6) is 3.81. The van der Waals surface area contributed by atoms with E-state index >= 15 is 0 Å². The van der Waals surface area contributed by atoms with Crippen LogP contribution in [0.5, 0.6) is 0 Å². The molecule has 0 bridgehead atoms. The molecule has 3 aliphatic rings. The van der Waals surface area contributed by atoms with Gasteiger partial charge in [0.2, 0.25) is 5.91 Å². The normalized spacial score (nSPS) is 23.0. The Morgan fingerprint density at radius 2 is 1.70 bits per heavy atom. The molecule has 5 rings (SSSR count). The monoisotopic (exact) mass is 590 g/mol. The zero-order valence-corrected chi connectivity index (χ0v) is 24.8.